The molecule has 1 heterocycles. The van der Waals surface area contributed by atoms with E-state index in [1.165, 1.54) is 6.20 Å². The van der Waals surface area contributed by atoms with Gasteiger partial charge >= 0.3 is 5.97 Å². The number of nitrogen functional groups attached to an aromatic ring is 1. The molecule has 112 valence electrons. The summed E-state index contributed by atoms with van der Waals surface area (Å²) in [6.07, 6.45) is 2.14. The molecule has 0 aliphatic rings. The molecule has 1 aromatic carbocycles. The maximum atomic E-state index is 11.4. The molecule has 4 N–H and O–H groups in total. The molecule has 6 nitrogen and oxygen atoms in total. The highest BCUT2D eigenvalue weighted by molar-refractivity contribution is 6.06. The second-order valence-electron chi connectivity index (χ2n) is 4.80. The largest absolute Gasteiger partial charge is 0.478 e. The Hall–Kier alpha value is -2.34. The number of ether oxygens (including phenoxy) is 1. The van der Waals surface area contributed by atoms with Gasteiger partial charge in [-0.15, -0.1) is 0 Å². The Balaban J connectivity index is 2.58. The molecule has 21 heavy (non-hydrogen) atoms. The molecule has 0 radical (unpaired) electrons. The Labute approximate surface area is 122 Å². The molecule has 1 atom stereocenters. The van der Waals surface area contributed by atoms with E-state index in [0.717, 1.165) is 6.42 Å². The molecule has 0 saturated heterocycles. The number of carboxylic acids is 1. The molecule has 0 aliphatic carbocycles. The molecular weight excluding hydrogens is 270 g/mol. The number of benzene rings is 1. The molecular formula is C15H19N3O3. The van der Waals surface area contributed by atoms with E-state index >= 15 is 0 Å². The predicted molar refractivity (Wildman–Crippen MR) is 82.7 cm³/mol. The quantitative estimate of drug-likeness (QED) is 0.706. The number of rotatable bonds is 6. The van der Waals surface area contributed by atoms with Crippen LogP contribution in [0.5, 0.6) is 0 Å². The van der Waals surface area contributed by atoms with Gasteiger partial charge in [-0.3, -0.25) is 4.98 Å². The fraction of sp³-hybridized carbons (Fsp3) is 0.333. The van der Waals surface area contributed by atoms with Crippen molar-refractivity contribution in [2.45, 2.75) is 19.4 Å². The maximum Gasteiger partial charge on any atom is 0.339 e. The van der Waals surface area contributed by atoms with Gasteiger partial charge in [-0.1, -0.05) is 19.1 Å². The van der Waals surface area contributed by atoms with Crippen LogP contribution in [-0.4, -0.2) is 35.8 Å². The van der Waals surface area contributed by atoms with E-state index in [4.69, 9.17) is 10.5 Å². The zero-order chi connectivity index (χ0) is 15.4. The first-order valence-electron chi connectivity index (χ1n) is 6.74. The average Bonchev–Trinajstić information content (AvgIpc) is 2.47. The molecule has 0 fully saturated rings. The van der Waals surface area contributed by atoms with Crippen LogP contribution in [0, 0.1) is 0 Å². The number of carboxylic acid groups (broad SMARTS) is 1. The summed E-state index contributed by atoms with van der Waals surface area (Å²) >= 11 is 0. The van der Waals surface area contributed by atoms with E-state index in [-0.39, 0.29) is 11.6 Å². The van der Waals surface area contributed by atoms with Crippen LogP contribution in [0.1, 0.15) is 23.7 Å². The number of methoxy groups -OCH3 is 1. The minimum Gasteiger partial charge on any atom is -0.478 e. The highest BCUT2D eigenvalue weighted by Gasteiger charge is 2.18. The fourth-order valence-electron chi connectivity index (χ4n) is 2.23. The first-order chi connectivity index (χ1) is 10.1. The van der Waals surface area contributed by atoms with Crippen molar-refractivity contribution in [1.29, 1.82) is 0 Å². The first-order valence-corrected chi connectivity index (χ1v) is 6.74. The minimum atomic E-state index is -1.03. The molecule has 0 saturated carbocycles. The van der Waals surface area contributed by atoms with Crippen molar-refractivity contribution in [3.63, 3.8) is 0 Å². The summed E-state index contributed by atoms with van der Waals surface area (Å²) in [6.45, 7) is 2.50. The molecule has 2 rings (SSSR count). The van der Waals surface area contributed by atoms with E-state index in [2.05, 4.69) is 10.3 Å². The van der Waals surface area contributed by atoms with Crippen LogP contribution in [0.15, 0.2) is 24.4 Å². The lowest BCUT2D eigenvalue weighted by atomic mass is 10.1. The Morgan fingerprint density at radius 3 is 2.90 bits per heavy atom. The van der Waals surface area contributed by atoms with Crippen LogP contribution in [0.2, 0.25) is 0 Å². The number of aromatic carboxylic acids is 1. The van der Waals surface area contributed by atoms with Gasteiger partial charge in [-0.05, 0) is 12.5 Å². The van der Waals surface area contributed by atoms with Crippen LogP contribution in [-0.2, 0) is 4.74 Å². The second kappa shape index (κ2) is 6.41. The van der Waals surface area contributed by atoms with Gasteiger partial charge in [0.25, 0.3) is 0 Å². The van der Waals surface area contributed by atoms with E-state index in [0.29, 0.717) is 28.9 Å². The van der Waals surface area contributed by atoms with E-state index < -0.39 is 5.97 Å². The van der Waals surface area contributed by atoms with Crippen molar-refractivity contribution in [2.24, 2.45) is 0 Å². The van der Waals surface area contributed by atoms with Crippen molar-refractivity contribution in [1.82, 2.24) is 4.98 Å². The van der Waals surface area contributed by atoms with Gasteiger partial charge in [-0.2, -0.15) is 0 Å². The molecule has 6 heteroatoms. The topological polar surface area (TPSA) is 97.5 Å². The third kappa shape index (κ3) is 3.05. The van der Waals surface area contributed by atoms with Crippen LogP contribution >= 0.6 is 0 Å². The average molecular weight is 289 g/mol. The Bertz CT molecular complexity index is 658. The zero-order valence-electron chi connectivity index (χ0n) is 12.1. The first kappa shape index (κ1) is 15.1. The summed E-state index contributed by atoms with van der Waals surface area (Å²) < 4.78 is 5.15. The molecule has 1 aromatic heterocycles. The van der Waals surface area contributed by atoms with Gasteiger partial charge in [-0.25, -0.2) is 4.79 Å². The second-order valence-corrected chi connectivity index (χ2v) is 4.80. The van der Waals surface area contributed by atoms with E-state index in [9.17, 15) is 9.90 Å². The lowest BCUT2D eigenvalue weighted by Gasteiger charge is -2.20. The summed E-state index contributed by atoms with van der Waals surface area (Å²) in [4.78, 5) is 15.6. The maximum absolute atomic E-state index is 11.4. The third-order valence-corrected chi connectivity index (χ3v) is 3.37. The monoisotopic (exact) mass is 289 g/mol. The molecule has 0 bridgehead atoms. The van der Waals surface area contributed by atoms with Crippen LogP contribution in [0.25, 0.3) is 10.9 Å². The van der Waals surface area contributed by atoms with Crippen molar-refractivity contribution >= 4 is 28.2 Å². The lowest BCUT2D eigenvalue weighted by Crippen LogP contribution is -2.25. The number of nitrogens with one attached hydrogen (secondary N) is 1. The number of anilines is 2. The van der Waals surface area contributed by atoms with Gasteiger partial charge in [0, 0.05) is 24.7 Å². The Morgan fingerprint density at radius 1 is 1.52 bits per heavy atom. The number of nitrogens with two attached hydrogens (primary N) is 1. The number of hydrogen-bond acceptors (Lipinski definition) is 5. The third-order valence-electron chi connectivity index (χ3n) is 3.37. The number of aromatic nitrogens is 1. The number of hydrogen-bond donors (Lipinski definition) is 3. The van der Waals surface area contributed by atoms with Crippen LogP contribution < -0.4 is 11.1 Å². The fourth-order valence-corrected chi connectivity index (χ4v) is 2.23. The minimum absolute atomic E-state index is 0.0140. The smallest absolute Gasteiger partial charge is 0.339 e. The Kier molecular flexibility index (Phi) is 4.59. The lowest BCUT2D eigenvalue weighted by molar-refractivity contribution is 0.0697. The highest BCUT2D eigenvalue weighted by Crippen LogP contribution is 2.30. The highest BCUT2D eigenvalue weighted by atomic mass is 16.5. The van der Waals surface area contributed by atoms with Crippen molar-refractivity contribution < 1.29 is 14.6 Å². The summed E-state index contributed by atoms with van der Waals surface area (Å²) in [5.74, 6) is -1.03. The van der Waals surface area contributed by atoms with Gasteiger partial charge in [0.15, 0.2) is 0 Å². The summed E-state index contributed by atoms with van der Waals surface area (Å²) in [5, 5.41) is 13.3. The van der Waals surface area contributed by atoms with Gasteiger partial charge in [0.2, 0.25) is 0 Å². The number of pyridine rings is 1. The predicted octanol–water partition coefficient (Wildman–Crippen LogP) is 2.35. The standard InChI is InChI=1S/C15H19N3O3/c1-3-9(8-21-2)18-13-10-5-4-6-12(16)14(10)17-7-11(13)15(19)20/h4-7,9H,3,8,16H2,1-2H3,(H,17,18)(H,19,20). The van der Waals surface area contributed by atoms with E-state index in [1.807, 2.05) is 13.0 Å². The summed E-state index contributed by atoms with van der Waals surface area (Å²) in [6, 6.07) is 5.35. The molecule has 2 aromatic rings. The summed E-state index contributed by atoms with van der Waals surface area (Å²) in [7, 11) is 1.62. The number of fused-ring (bicyclic) bond motifs is 1. The van der Waals surface area contributed by atoms with E-state index in [1.54, 1.807) is 19.2 Å². The molecule has 0 amide bonds. The van der Waals surface area contributed by atoms with Crippen molar-refractivity contribution in [3.8, 4) is 0 Å². The SMILES string of the molecule is CCC(COC)Nc1c(C(=O)O)cnc2c(N)cccc12. The number of carbonyl (C=O) groups is 1. The molecule has 1 unspecified atom stereocenters. The Morgan fingerprint density at radius 2 is 2.29 bits per heavy atom. The van der Waals surface area contributed by atoms with Crippen molar-refractivity contribution in [3.05, 3.63) is 30.0 Å². The normalized spacial score (nSPS) is 12.3. The number of nitrogens with zero attached hydrogens (tertiary/aromatic N) is 1. The van der Waals surface area contributed by atoms with Gasteiger partial charge in [0.1, 0.15) is 5.56 Å². The molecule has 0 spiro atoms. The molecule has 0 aliphatic heterocycles. The summed E-state index contributed by atoms with van der Waals surface area (Å²) in [5.41, 5.74) is 7.68. The number of para-hydroxylation sites is 1. The van der Waals surface area contributed by atoms with Crippen LogP contribution in [0.4, 0.5) is 11.4 Å². The van der Waals surface area contributed by atoms with Gasteiger partial charge < -0.3 is 20.9 Å². The van der Waals surface area contributed by atoms with Crippen LogP contribution in [0.3, 0.4) is 0 Å². The van der Waals surface area contributed by atoms with Gasteiger partial charge in [0.05, 0.1) is 23.5 Å². The zero-order valence-corrected chi connectivity index (χ0v) is 12.1. The van der Waals surface area contributed by atoms with Crippen molar-refractivity contribution in [2.75, 3.05) is 24.8 Å².